The summed E-state index contributed by atoms with van der Waals surface area (Å²) >= 11 is 0. The van der Waals surface area contributed by atoms with Crippen LogP contribution in [0.3, 0.4) is 0 Å². The fourth-order valence-corrected chi connectivity index (χ4v) is 16.1. The van der Waals surface area contributed by atoms with Crippen LogP contribution in [0.5, 0.6) is 23.0 Å². The van der Waals surface area contributed by atoms with E-state index in [4.69, 9.17) is 0 Å². The number of methoxy groups -OCH3 is 1. The van der Waals surface area contributed by atoms with E-state index < -0.39 is 32.5 Å². The summed E-state index contributed by atoms with van der Waals surface area (Å²) in [6.45, 7) is -3.65. The largest absolute Gasteiger partial charge is 0.453 e. The minimum Gasteiger partial charge on any atom is -0.453 e. The molecule has 7 amide bonds. The van der Waals surface area contributed by atoms with Crippen LogP contribution in [0.4, 0.5) is 77.1 Å². The quantitative estimate of drug-likeness (QED) is 0.0163. The average Bonchev–Trinajstić information content (AvgIpc) is 1.61. The minimum atomic E-state index is -2.93. The Labute approximate surface area is 738 Å². The number of nitrogens with one attached hydrogen (secondary N) is 7. The summed E-state index contributed by atoms with van der Waals surface area (Å²) in [6, 6.07) is 56.4. The van der Waals surface area contributed by atoms with Gasteiger partial charge in [0.2, 0.25) is 0 Å². The first kappa shape index (κ1) is 90.8. The second kappa shape index (κ2) is 41.8. The number of hydrogen-bond donors (Lipinski definition) is 7. The van der Waals surface area contributed by atoms with Gasteiger partial charge in [-0.1, -0.05) is 81.6 Å². The first-order chi connectivity index (χ1) is 62.5. The van der Waals surface area contributed by atoms with Crippen molar-refractivity contribution in [1.29, 1.82) is 21.0 Å². The predicted octanol–water partition coefficient (Wildman–Crippen LogP) is 23.5. The highest BCUT2D eigenvalue weighted by atomic mass is 19.3. The number of rotatable bonds is 30. The van der Waals surface area contributed by atoms with Gasteiger partial charge in [-0.15, -0.1) is 0 Å². The van der Waals surface area contributed by atoms with E-state index in [0.717, 1.165) is 136 Å². The van der Waals surface area contributed by atoms with E-state index in [1.165, 1.54) is 31.4 Å². The molecule has 668 valence electrons. The van der Waals surface area contributed by atoms with E-state index in [2.05, 4.69) is 92.1 Å². The molecule has 12 aromatic rings. The summed E-state index contributed by atoms with van der Waals surface area (Å²) < 4.78 is 133. The number of unbranched alkanes of at least 4 members (excludes halogenated alkanes) is 1. The Balaban J connectivity index is 0.000000139. The van der Waals surface area contributed by atoms with Crippen LogP contribution in [-0.4, -0.2) is 95.1 Å². The lowest BCUT2D eigenvalue weighted by atomic mass is 10.1. The summed E-state index contributed by atoms with van der Waals surface area (Å²) in [5, 5.41) is 62.2. The first-order valence-corrected chi connectivity index (χ1v) is 43.0. The van der Waals surface area contributed by atoms with Crippen molar-refractivity contribution in [1.82, 2.24) is 34.2 Å². The van der Waals surface area contributed by atoms with Crippen LogP contribution in [-0.2, 0) is 30.9 Å². The SMILES string of the molecule is CCCCNC(=O)Nc1ccc(-c2c(C#N)c3ccc(OC(F)F)cc3n2CC2CC2)cc1.CCCNC(=O)Nc1ccc(-c2c(C#N)c3ccc(OC(F)F)cc3n2CC2CC2)cc1.COC(=O)Nc1cccc(-c2c(C#N)c3ccc(OC(F)F)cc3n2CC2CC2)c1.N#Cc1c(-c2ccc(NC(=O)NC3CCCC3)cc2)n(CC2CC2)c2cc(OC(F)F)ccc12. The zero-order valence-electron chi connectivity index (χ0n) is 71.0. The second-order valence-electron chi connectivity index (χ2n) is 32.4. The van der Waals surface area contributed by atoms with Crippen molar-refractivity contribution in [3.05, 3.63) is 192 Å². The zero-order valence-corrected chi connectivity index (χ0v) is 71.0. The topological polar surface area (TPSA) is 314 Å². The molecule has 129 heavy (non-hydrogen) atoms. The molecule has 0 bridgehead atoms. The van der Waals surface area contributed by atoms with Gasteiger partial charge in [0.1, 0.15) is 47.3 Å². The number of halogens is 8. The molecule has 0 unspecified atom stereocenters. The number of carbonyl (C=O) groups is 4. The molecule has 5 fully saturated rings. The van der Waals surface area contributed by atoms with Crippen LogP contribution < -0.4 is 56.2 Å². The van der Waals surface area contributed by atoms with Crippen LogP contribution >= 0.6 is 0 Å². The van der Waals surface area contributed by atoms with E-state index in [1.807, 2.05) is 79.8 Å². The van der Waals surface area contributed by atoms with Gasteiger partial charge in [0, 0.05) is 119 Å². The Morgan fingerprint density at radius 2 is 0.690 bits per heavy atom. The number of anilines is 4. The molecule has 7 N–H and O–H groups in total. The number of nitriles is 4. The highest BCUT2D eigenvalue weighted by molar-refractivity contribution is 6.01. The molecular formula is C97H95F8N15O9. The van der Waals surface area contributed by atoms with Gasteiger partial charge < -0.3 is 73.9 Å². The second-order valence-corrected chi connectivity index (χ2v) is 32.4. The molecule has 4 heterocycles. The molecule has 4 aromatic heterocycles. The lowest BCUT2D eigenvalue weighted by Gasteiger charge is -2.14. The highest BCUT2D eigenvalue weighted by Gasteiger charge is 2.33. The van der Waals surface area contributed by atoms with Crippen LogP contribution in [0.1, 0.15) is 132 Å². The number of fused-ring (bicyclic) bond motifs is 4. The third-order valence-electron chi connectivity index (χ3n) is 22.9. The van der Waals surface area contributed by atoms with Crippen molar-refractivity contribution in [2.75, 3.05) is 41.5 Å². The molecule has 5 aliphatic rings. The Morgan fingerprint density at radius 3 is 0.984 bits per heavy atom. The molecule has 0 radical (unpaired) electrons. The average molecular weight is 1770 g/mol. The molecule has 0 atom stereocenters. The Hall–Kier alpha value is -14.4. The van der Waals surface area contributed by atoms with Crippen molar-refractivity contribution < 1.29 is 78.0 Å². The number of aromatic nitrogens is 4. The third kappa shape index (κ3) is 23.1. The van der Waals surface area contributed by atoms with Gasteiger partial charge in [-0.3, -0.25) is 5.32 Å². The summed E-state index contributed by atoms with van der Waals surface area (Å²) in [5.74, 6) is 2.22. The number of hydrogen-bond acceptors (Lipinski definition) is 13. The van der Waals surface area contributed by atoms with Gasteiger partial charge >= 0.3 is 50.6 Å². The van der Waals surface area contributed by atoms with Crippen LogP contribution in [0.2, 0.25) is 0 Å². The lowest BCUT2D eigenvalue weighted by molar-refractivity contribution is -0.0504. The number of nitrogens with zero attached hydrogens (tertiary/aromatic N) is 8. The van der Waals surface area contributed by atoms with Gasteiger partial charge in [0.25, 0.3) is 0 Å². The Morgan fingerprint density at radius 1 is 0.372 bits per heavy atom. The maximum Gasteiger partial charge on any atom is 0.411 e. The van der Waals surface area contributed by atoms with Crippen molar-refractivity contribution >= 4 is 90.5 Å². The van der Waals surface area contributed by atoms with Gasteiger partial charge in [-0.05, 0) is 214 Å². The van der Waals surface area contributed by atoms with Crippen molar-refractivity contribution in [3.8, 4) is 92.3 Å². The Kier molecular flexibility index (Phi) is 29.4. The van der Waals surface area contributed by atoms with Gasteiger partial charge in [0.15, 0.2) is 0 Å². The third-order valence-corrected chi connectivity index (χ3v) is 22.9. The predicted molar refractivity (Wildman–Crippen MR) is 475 cm³/mol. The number of benzene rings is 8. The standard InChI is InChI=1S/C26H26F2N4O2.C25H26F2N4O2.C24H24F2N4O2.C22H19F2N3O3/c27-25(28)34-20-11-12-21-22(14-29)24(32(23(21)13-20)15-16-5-6-16)17-7-9-19(10-8-17)31-26(33)30-18-3-1-2-4-18;1-2-3-12-29-25(32)30-18-8-6-17(7-9-18)23-21(14-28)20-11-10-19(33-24(26)27)13-22(20)31(23)15-16-4-5-16;1-2-11-28-24(31)29-17-7-5-16(6-8-17)22-20(13-27)19-10-9-18(32-23(25)26)12-21(19)30(22)14-15-3-4-15;1-29-22(28)26-15-4-2-3-14(9-15)20-18(11-25)17-8-7-16(30-21(23)24)10-19(17)27(20)12-13-5-6-13/h7-13,16,18,25H,1-6,15H2,(H2,30,31,33);6-11,13,16,24H,2-5,12,15H2,1H3,(H2,29,30,32);5-10,12,15,23H,2-4,11,14H2,1H3,(H2,28,29,31);2-4,7-10,13,21H,5-6,12H2,1H3,(H,26,28). The first-order valence-electron chi connectivity index (χ1n) is 43.0. The van der Waals surface area contributed by atoms with Crippen molar-refractivity contribution in [2.24, 2.45) is 23.7 Å². The summed E-state index contributed by atoms with van der Waals surface area (Å²) in [7, 11) is 1.28. The number of carbonyl (C=O) groups excluding carboxylic acids is 4. The van der Waals surface area contributed by atoms with Gasteiger partial charge in [0.05, 0.1) is 74.2 Å². The number of alkyl halides is 8. The molecule has 32 heteroatoms. The maximum atomic E-state index is 12.8. The highest BCUT2D eigenvalue weighted by Crippen LogP contribution is 2.46. The molecule has 0 aliphatic heterocycles. The number of amides is 7. The van der Waals surface area contributed by atoms with Crippen molar-refractivity contribution in [2.45, 2.75) is 169 Å². The summed E-state index contributed by atoms with van der Waals surface area (Å²) in [6.07, 6.45) is 15.3. The molecule has 24 nitrogen and oxygen atoms in total. The zero-order chi connectivity index (χ0) is 90.9. The maximum absolute atomic E-state index is 12.8. The normalized spacial score (nSPS) is 14.0. The molecule has 8 aromatic carbocycles. The van der Waals surface area contributed by atoms with Crippen LogP contribution in [0, 0.1) is 69.0 Å². The number of ether oxygens (including phenoxy) is 5. The smallest absolute Gasteiger partial charge is 0.411 e. The molecule has 17 rings (SSSR count). The van der Waals surface area contributed by atoms with Crippen molar-refractivity contribution in [3.63, 3.8) is 0 Å². The van der Waals surface area contributed by atoms with Gasteiger partial charge in [-0.25, -0.2) is 19.2 Å². The molecular weight excluding hydrogens is 1670 g/mol. The monoisotopic (exact) mass is 1770 g/mol. The minimum absolute atomic E-state index is 0.0456. The van der Waals surface area contributed by atoms with E-state index in [1.54, 1.807) is 91.0 Å². The van der Waals surface area contributed by atoms with E-state index in [-0.39, 0.29) is 47.1 Å². The van der Waals surface area contributed by atoms with Gasteiger partial charge in [-0.2, -0.15) is 56.2 Å². The van der Waals surface area contributed by atoms with E-state index >= 15 is 0 Å². The molecule has 5 aliphatic carbocycles. The summed E-state index contributed by atoms with van der Waals surface area (Å²) in [4.78, 5) is 47.8. The van der Waals surface area contributed by atoms with E-state index in [0.29, 0.717) is 157 Å². The number of urea groups is 3. The molecule has 0 saturated heterocycles. The molecule has 5 saturated carbocycles. The fourth-order valence-electron chi connectivity index (χ4n) is 16.1. The Bertz CT molecular complexity index is 6220. The summed E-state index contributed by atoms with van der Waals surface area (Å²) in [5.41, 5.74) is 13.3. The fraction of sp³-hybridized carbons (Fsp3) is 0.340. The lowest BCUT2D eigenvalue weighted by Crippen LogP contribution is -2.36. The van der Waals surface area contributed by atoms with Crippen LogP contribution in [0.15, 0.2) is 170 Å². The van der Waals surface area contributed by atoms with E-state index in [9.17, 15) is 75.3 Å². The van der Waals surface area contributed by atoms with Crippen LogP contribution in [0.25, 0.3) is 88.6 Å². The molecule has 0 spiro atoms.